The van der Waals surface area contributed by atoms with Gasteiger partial charge in [0.1, 0.15) is 17.5 Å². The lowest BCUT2D eigenvalue weighted by Crippen LogP contribution is -2.13. The molecule has 2 rings (SSSR count). The van der Waals surface area contributed by atoms with Gasteiger partial charge in [-0.25, -0.2) is 9.18 Å². The Kier molecular flexibility index (Phi) is 5.96. The van der Waals surface area contributed by atoms with E-state index in [4.69, 9.17) is 16.3 Å². The fourth-order valence-corrected chi connectivity index (χ4v) is 2.82. The van der Waals surface area contributed by atoms with Gasteiger partial charge in [-0.15, -0.1) is 0 Å². The first-order chi connectivity index (χ1) is 12.3. The molecule has 1 heterocycles. The molecule has 0 bridgehead atoms. The van der Waals surface area contributed by atoms with Crippen molar-refractivity contribution >= 4 is 29.4 Å². The van der Waals surface area contributed by atoms with Crippen molar-refractivity contribution in [3.05, 3.63) is 62.7 Å². The first-order valence-electron chi connectivity index (χ1n) is 7.78. The summed E-state index contributed by atoms with van der Waals surface area (Å²) in [7, 11) is 0. The number of hydrogen-bond donors (Lipinski definition) is 1. The van der Waals surface area contributed by atoms with Gasteiger partial charge in [-0.1, -0.05) is 17.7 Å². The molecule has 1 N–H and O–H groups in total. The number of ketones is 1. The summed E-state index contributed by atoms with van der Waals surface area (Å²) >= 11 is 5.95. The van der Waals surface area contributed by atoms with Crippen LogP contribution >= 0.6 is 11.6 Å². The summed E-state index contributed by atoms with van der Waals surface area (Å²) < 4.78 is 19.0. The summed E-state index contributed by atoms with van der Waals surface area (Å²) in [5.41, 5.74) is 0.546. The van der Waals surface area contributed by atoms with Gasteiger partial charge >= 0.3 is 5.97 Å². The van der Waals surface area contributed by atoms with Crippen molar-refractivity contribution in [2.45, 2.75) is 20.8 Å². The van der Waals surface area contributed by atoms with E-state index in [1.807, 2.05) is 0 Å². The molecule has 1 aromatic carbocycles. The zero-order valence-electron chi connectivity index (χ0n) is 14.4. The number of carbonyl (C=O) groups is 2. The normalized spacial score (nSPS) is 11.2. The van der Waals surface area contributed by atoms with Crippen LogP contribution in [0.3, 0.4) is 0 Å². The SMILES string of the molecule is CCOC(=O)c1c(C)[nH]c(C)c1C(=O)/C(C#N)=C/c1c(F)cccc1Cl. The molecule has 0 aliphatic rings. The fraction of sp³-hybridized carbons (Fsp3) is 0.211. The molecule has 1 aromatic heterocycles. The minimum Gasteiger partial charge on any atom is -0.462 e. The van der Waals surface area contributed by atoms with Crippen molar-refractivity contribution < 1.29 is 18.7 Å². The fourth-order valence-electron chi connectivity index (χ4n) is 2.60. The lowest BCUT2D eigenvalue weighted by atomic mass is 9.98. The standard InChI is InChI=1S/C19H16ClFN2O3/c1-4-26-19(25)17-11(3)23-10(2)16(17)18(24)12(9-22)8-13-14(20)6-5-7-15(13)21/h5-8,23H,4H2,1-3H3/b12-8+. The van der Waals surface area contributed by atoms with Gasteiger partial charge in [-0.3, -0.25) is 4.79 Å². The average molecular weight is 375 g/mol. The Hall–Kier alpha value is -2.91. The molecule has 0 fully saturated rings. The second-order valence-corrected chi connectivity index (χ2v) is 5.89. The lowest BCUT2D eigenvalue weighted by Gasteiger charge is -2.06. The first kappa shape index (κ1) is 19.4. The maximum absolute atomic E-state index is 14.0. The second kappa shape index (κ2) is 7.98. The number of rotatable bonds is 5. The number of carbonyl (C=O) groups excluding carboxylic acids is 2. The highest BCUT2D eigenvalue weighted by atomic mass is 35.5. The van der Waals surface area contributed by atoms with Crippen LogP contribution in [-0.2, 0) is 4.74 Å². The Morgan fingerprint density at radius 3 is 2.54 bits per heavy atom. The minimum absolute atomic E-state index is 0.0289. The number of hydrogen-bond acceptors (Lipinski definition) is 4. The lowest BCUT2D eigenvalue weighted by molar-refractivity contribution is 0.0523. The summed E-state index contributed by atoms with van der Waals surface area (Å²) in [6, 6.07) is 5.80. The molecule has 0 atom stereocenters. The van der Waals surface area contributed by atoms with E-state index >= 15 is 0 Å². The predicted octanol–water partition coefficient (Wildman–Crippen LogP) is 4.39. The Bertz CT molecular complexity index is 934. The smallest absolute Gasteiger partial charge is 0.340 e. The Balaban J connectivity index is 2.59. The van der Waals surface area contributed by atoms with Crippen LogP contribution in [0.4, 0.5) is 4.39 Å². The molecular weight excluding hydrogens is 359 g/mol. The van der Waals surface area contributed by atoms with Gasteiger partial charge in [0, 0.05) is 17.0 Å². The van der Waals surface area contributed by atoms with Gasteiger partial charge in [0.05, 0.1) is 22.8 Å². The van der Waals surface area contributed by atoms with E-state index in [1.165, 1.54) is 18.2 Å². The number of nitriles is 1. The van der Waals surface area contributed by atoms with Gasteiger partial charge in [-0.2, -0.15) is 5.26 Å². The molecule has 0 aliphatic carbocycles. The number of nitrogens with zero attached hydrogens (tertiary/aromatic N) is 1. The number of benzene rings is 1. The number of allylic oxidation sites excluding steroid dienone is 1. The van der Waals surface area contributed by atoms with Crippen LogP contribution in [-0.4, -0.2) is 23.3 Å². The number of Topliss-reactive ketones (excluding diaryl/α,β-unsaturated/α-hetero) is 1. The number of aryl methyl sites for hydroxylation is 2. The minimum atomic E-state index is -0.711. The van der Waals surface area contributed by atoms with E-state index in [0.29, 0.717) is 11.4 Å². The Morgan fingerprint density at radius 1 is 1.31 bits per heavy atom. The summed E-state index contributed by atoms with van der Waals surface area (Å²) in [6.45, 7) is 5.02. The van der Waals surface area contributed by atoms with E-state index in [9.17, 15) is 19.2 Å². The van der Waals surface area contributed by atoms with Crippen molar-refractivity contribution in [2.75, 3.05) is 6.61 Å². The third-order valence-corrected chi connectivity index (χ3v) is 4.06. The number of esters is 1. The summed E-state index contributed by atoms with van der Waals surface area (Å²) in [4.78, 5) is 28.0. The van der Waals surface area contributed by atoms with E-state index in [2.05, 4.69) is 4.98 Å². The predicted molar refractivity (Wildman–Crippen MR) is 95.6 cm³/mol. The highest BCUT2D eigenvalue weighted by Gasteiger charge is 2.27. The van der Waals surface area contributed by atoms with E-state index in [0.717, 1.165) is 6.08 Å². The molecule has 5 nitrogen and oxygen atoms in total. The molecule has 0 spiro atoms. The molecule has 7 heteroatoms. The highest BCUT2D eigenvalue weighted by molar-refractivity contribution is 6.32. The monoisotopic (exact) mass is 374 g/mol. The third-order valence-electron chi connectivity index (χ3n) is 3.74. The summed E-state index contributed by atoms with van der Waals surface area (Å²) in [6.07, 6.45) is 1.08. The molecule has 2 aromatic rings. The van der Waals surface area contributed by atoms with Crippen molar-refractivity contribution in [3.63, 3.8) is 0 Å². The van der Waals surface area contributed by atoms with Gasteiger partial charge in [0.15, 0.2) is 0 Å². The summed E-state index contributed by atoms with van der Waals surface area (Å²) in [5, 5.41) is 9.47. The third kappa shape index (κ3) is 3.68. The second-order valence-electron chi connectivity index (χ2n) is 5.48. The van der Waals surface area contributed by atoms with Crippen LogP contribution in [0.1, 0.15) is 44.6 Å². The molecule has 0 saturated carbocycles. The molecule has 134 valence electrons. The largest absolute Gasteiger partial charge is 0.462 e. The van der Waals surface area contributed by atoms with Gasteiger partial charge in [0.25, 0.3) is 0 Å². The molecule has 0 radical (unpaired) electrons. The number of aromatic amines is 1. The van der Waals surface area contributed by atoms with Gasteiger partial charge in [0.2, 0.25) is 5.78 Å². The van der Waals surface area contributed by atoms with Crippen LogP contribution in [0.25, 0.3) is 6.08 Å². The van der Waals surface area contributed by atoms with E-state index < -0.39 is 17.6 Å². The quantitative estimate of drug-likeness (QED) is 0.364. The Morgan fingerprint density at radius 2 is 1.96 bits per heavy atom. The molecular formula is C19H16ClFN2O3. The number of aromatic nitrogens is 1. The molecule has 0 aliphatic heterocycles. The van der Waals surface area contributed by atoms with Crippen molar-refractivity contribution in [1.82, 2.24) is 4.98 Å². The first-order valence-corrected chi connectivity index (χ1v) is 8.16. The topological polar surface area (TPSA) is 83.0 Å². The van der Waals surface area contributed by atoms with Crippen molar-refractivity contribution in [1.29, 1.82) is 5.26 Å². The van der Waals surface area contributed by atoms with Crippen LogP contribution in [0.5, 0.6) is 0 Å². The van der Waals surface area contributed by atoms with Crippen molar-refractivity contribution in [2.24, 2.45) is 0 Å². The van der Waals surface area contributed by atoms with Gasteiger partial charge < -0.3 is 9.72 Å². The maximum atomic E-state index is 14.0. The van der Waals surface area contributed by atoms with Crippen molar-refractivity contribution in [3.8, 4) is 6.07 Å². The zero-order chi connectivity index (χ0) is 19.4. The zero-order valence-corrected chi connectivity index (χ0v) is 15.2. The van der Waals surface area contributed by atoms with Crippen LogP contribution in [0.2, 0.25) is 5.02 Å². The number of halogens is 2. The van der Waals surface area contributed by atoms with Gasteiger partial charge in [-0.05, 0) is 39.0 Å². The van der Waals surface area contributed by atoms with Crippen LogP contribution in [0.15, 0.2) is 23.8 Å². The number of nitrogens with one attached hydrogen (secondary N) is 1. The molecule has 0 saturated heterocycles. The van der Waals surface area contributed by atoms with E-state index in [-0.39, 0.29) is 33.9 Å². The van der Waals surface area contributed by atoms with E-state index in [1.54, 1.807) is 26.8 Å². The molecule has 0 amide bonds. The van der Waals surface area contributed by atoms with Crippen LogP contribution < -0.4 is 0 Å². The molecule has 0 unspecified atom stereocenters. The molecule has 26 heavy (non-hydrogen) atoms. The maximum Gasteiger partial charge on any atom is 0.340 e. The van der Waals surface area contributed by atoms with Crippen LogP contribution in [0, 0.1) is 31.0 Å². The summed E-state index contributed by atoms with van der Waals surface area (Å²) in [5.74, 6) is -2.04. The highest BCUT2D eigenvalue weighted by Crippen LogP contribution is 2.26. The Labute approximate surface area is 155 Å². The number of H-pyrrole nitrogens is 1. The average Bonchev–Trinajstić information content (AvgIpc) is 2.88. The number of ether oxygens (including phenoxy) is 1.